The molecular formula is C15H21N7. The Labute approximate surface area is 130 Å². The van der Waals surface area contributed by atoms with Gasteiger partial charge in [0.2, 0.25) is 5.95 Å². The predicted octanol–water partition coefficient (Wildman–Crippen LogP) is 0.452. The number of nitrogens with zero attached hydrogens (tertiary/aromatic N) is 6. The van der Waals surface area contributed by atoms with E-state index in [9.17, 15) is 0 Å². The first-order valence-corrected chi connectivity index (χ1v) is 7.41. The Balaban J connectivity index is 1.55. The van der Waals surface area contributed by atoms with Crippen molar-refractivity contribution in [1.82, 2.24) is 19.4 Å². The molecule has 7 nitrogen and oxygen atoms in total. The highest BCUT2D eigenvalue weighted by Crippen LogP contribution is 2.09. The van der Waals surface area contributed by atoms with Crippen molar-refractivity contribution in [3.8, 4) is 0 Å². The van der Waals surface area contributed by atoms with Crippen LogP contribution < -0.4 is 10.6 Å². The molecule has 1 saturated heterocycles. The molecule has 0 aromatic carbocycles. The summed E-state index contributed by atoms with van der Waals surface area (Å²) in [5.74, 6) is 1.39. The van der Waals surface area contributed by atoms with Crippen LogP contribution in [0.2, 0.25) is 0 Å². The highest BCUT2D eigenvalue weighted by Gasteiger charge is 2.19. The summed E-state index contributed by atoms with van der Waals surface area (Å²) in [7, 11) is 2.01. The molecule has 1 aliphatic rings. The van der Waals surface area contributed by atoms with E-state index >= 15 is 0 Å². The zero-order chi connectivity index (χ0) is 15.4. The van der Waals surface area contributed by atoms with Crippen LogP contribution in [0.1, 0.15) is 5.69 Å². The highest BCUT2D eigenvalue weighted by atomic mass is 15.4. The third-order valence-electron chi connectivity index (χ3n) is 3.89. The average Bonchev–Trinajstić information content (AvgIpc) is 2.99. The molecule has 2 N–H and O–H groups in total. The van der Waals surface area contributed by atoms with Gasteiger partial charge < -0.3 is 20.1 Å². The van der Waals surface area contributed by atoms with Crippen molar-refractivity contribution < 1.29 is 0 Å². The van der Waals surface area contributed by atoms with Crippen LogP contribution in [-0.4, -0.2) is 51.6 Å². The molecule has 0 atom stereocenters. The van der Waals surface area contributed by atoms with E-state index in [0.717, 1.165) is 37.8 Å². The van der Waals surface area contributed by atoms with E-state index in [2.05, 4.69) is 35.4 Å². The normalized spacial score (nSPS) is 16.1. The smallest absolute Gasteiger partial charge is 0.225 e. The molecule has 0 spiro atoms. The number of anilines is 1. The number of hydrogen-bond donors (Lipinski definition) is 1. The second kappa shape index (κ2) is 6.46. The number of guanidine groups is 1. The number of aryl methyl sites for hydroxylation is 1. The van der Waals surface area contributed by atoms with E-state index in [0.29, 0.717) is 12.5 Å². The zero-order valence-corrected chi connectivity index (χ0v) is 12.8. The molecule has 1 aliphatic heterocycles. The zero-order valence-electron chi connectivity index (χ0n) is 12.8. The number of aromatic nitrogens is 3. The van der Waals surface area contributed by atoms with Gasteiger partial charge in [0, 0.05) is 57.5 Å². The topological polar surface area (TPSA) is 75.6 Å². The van der Waals surface area contributed by atoms with E-state index in [1.807, 2.05) is 25.4 Å². The molecule has 2 aromatic rings. The Morgan fingerprint density at radius 1 is 1.18 bits per heavy atom. The van der Waals surface area contributed by atoms with E-state index in [1.165, 1.54) is 0 Å². The maximum atomic E-state index is 6.12. The summed E-state index contributed by atoms with van der Waals surface area (Å²) in [6.07, 6.45) is 5.55. The standard InChI is InChI=1S/C15H21N7/c1-20-7-2-4-13(20)12-19-14(16)21-8-10-22(11-9-21)15-17-5-3-6-18-15/h2-7H,8-12H2,1H3,(H2,16,19). The molecule has 0 aliphatic carbocycles. The lowest BCUT2D eigenvalue weighted by Gasteiger charge is -2.35. The fraction of sp³-hybridized carbons (Fsp3) is 0.400. The summed E-state index contributed by atoms with van der Waals surface area (Å²) in [6.45, 7) is 3.98. The van der Waals surface area contributed by atoms with Crippen molar-refractivity contribution in [2.24, 2.45) is 17.8 Å². The molecule has 3 heterocycles. The van der Waals surface area contributed by atoms with Crippen molar-refractivity contribution in [1.29, 1.82) is 0 Å². The van der Waals surface area contributed by atoms with Crippen molar-refractivity contribution in [2.45, 2.75) is 6.54 Å². The highest BCUT2D eigenvalue weighted by molar-refractivity contribution is 5.78. The molecule has 7 heteroatoms. The van der Waals surface area contributed by atoms with Gasteiger partial charge in [-0.15, -0.1) is 0 Å². The number of nitrogens with two attached hydrogens (primary N) is 1. The van der Waals surface area contributed by atoms with Crippen LogP contribution in [0.15, 0.2) is 41.8 Å². The summed E-state index contributed by atoms with van der Waals surface area (Å²) in [6, 6.07) is 5.90. The molecule has 0 saturated carbocycles. The number of rotatable bonds is 3. The van der Waals surface area contributed by atoms with Gasteiger partial charge in [-0.05, 0) is 18.2 Å². The Hall–Kier alpha value is -2.57. The van der Waals surface area contributed by atoms with E-state index in [1.54, 1.807) is 12.4 Å². The fourth-order valence-corrected chi connectivity index (χ4v) is 2.51. The molecule has 0 radical (unpaired) electrons. The van der Waals surface area contributed by atoms with Gasteiger partial charge in [-0.25, -0.2) is 15.0 Å². The summed E-state index contributed by atoms with van der Waals surface area (Å²) >= 11 is 0. The lowest BCUT2D eigenvalue weighted by atomic mass is 10.3. The van der Waals surface area contributed by atoms with Gasteiger partial charge in [-0.2, -0.15) is 0 Å². The van der Waals surface area contributed by atoms with E-state index in [4.69, 9.17) is 5.73 Å². The van der Waals surface area contributed by atoms with Crippen LogP contribution in [0, 0.1) is 0 Å². The fourth-order valence-electron chi connectivity index (χ4n) is 2.51. The Kier molecular flexibility index (Phi) is 4.22. The SMILES string of the molecule is Cn1cccc1CN=C(N)N1CCN(c2ncccn2)CC1. The summed E-state index contributed by atoms with van der Waals surface area (Å²) in [5.41, 5.74) is 7.27. The molecule has 116 valence electrons. The minimum atomic E-state index is 0.606. The number of hydrogen-bond acceptors (Lipinski definition) is 4. The quantitative estimate of drug-likeness (QED) is 0.658. The summed E-state index contributed by atoms with van der Waals surface area (Å²) in [4.78, 5) is 17.3. The number of aliphatic imine (C=N–C) groups is 1. The molecule has 3 rings (SSSR count). The van der Waals surface area contributed by atoms with Crippen LogP contribution in [0.4, 0.5) is 5.95 Å². The molecule has 0 amide bonds. The van der Waals surface area contributed by atoms with Gasteiger partial charge in [0.1, 0.15) is 0 Å². The van der Waals surface area contributed by atoms with Crippen molar-refractivity contribution in [3.63, 3.8) is 0 Å². The first-order valence-electron chi connectivity index (χ1n) is 7.41. The first kappa shape index (κ1) is 14.4. The second-order valence-corrected chi connectivity index (χ2v) is 5.31. The predicted molar refractivity (Wildman–Crippen MR) is 86.6 cm³/mol. The summed E-state index contributed by atoms with van der Waals surface area (Å²) in [5, 5.41) is 0. The minimum absolute atomic E-state index is 0.606. The maximum Gasteiger partial charge on any atom is 0.225 e. The van der Waals surface area contributed by atoms with Crippen molar-refractivity contribution in [2.75, 3.05) is 31.1 Å². The summed E-state index contributed by atoms with van der Waals surface area (Å²) < 4.78 is 2.06. The molecule has 2 aromatic heterocycles. The lowest BCUT2D eigenvalue weighted by Crippen LogP contribution is -2.51. The van der Waals surface area contributed by atoms with E-state index < -0.39 is 0 Å². The third-order valence-corrected chi connectivity index (χ3v) is 3.89. The van der Waals surface area contributed by atoms with E-state index in [-0.39, 0.29) is 0 Å². The van der Waals surface area contributed by atoms with Crippen LogP contribution in [0.5, 0.6) is 0 Å². The van der Waals surface area contributed by atoms with Crippen molar-refractivity contribution in [3.05, 3.63) is 42.5 Å². The van der Waals surface area contributed by atoms with Crippen LogP contribution in [0.3, 0.4) is 0 Å². The van der Waals surface area contributed by atoms with Gasteiger partial charge in [-0.3, -0.25) is 0 Å². The van der Waals surface area contributed by atoms with Crippen LogP contribution in [-0.2, 0) is 13.6 Å². The van der Waals surface area contributed by atoms with Gasteiger partial charge >= 0.3 is 0 Å². The third kappa shape index (κ3) is 3.19. The van der Waals surface area contributed by atoms with Crippen LogP contribution >= 0.6 is 0 Å². The first-order chi connectivity index (χ1) is 10.7. The molecule has 0 bridgehead atoms. The average molecular weight is 299 g/mol. The number of piperazine rings is 1. The van der Waals surface area contributed by atoms with Crippen molar-refractivity contribution >= 4 is 11.9 Å². The largest absolute Gasteiger partial charge is 0.370 e. The van der Waals surface area contributed by atoms with Gasteiger partial charge in [-0.1, -0.05) is 0 Å². The van der Waals surface area contributed by atoms with Gasteiger partial charge in [0.25, 0.3) is 0 Å². The molecule has 1 fully saturated rings. The molecular weight excluding hydrogens is 278 g/mol. The van der Waals surface area contributed by atoms with Gasteiger partial charge in [0.05, 0.1) is 6.54 Å². The molecule has 0 unspecified atom stereocenters. The Morgan fingerprint density at radius 2 is 1.91 bits per heavy atom. The maximum absolute atomic E-state index is 6.12. The minimum Gasteiger partial charge on any atom is -0.370 e. The van der Waals surface area contributed by atoms with Gasteiger partial charge in [0.15, 0.2) is 5.96 Å². The molecule has 22 heavy (non-hydrogen) atoms. The van der Waals surface area contributed by atoms with Crippen LogP contribution in [0.25, 0.3) is 0 Å². The monoisotopic (exact) mass is 299 g/mol. The Morgan fingerprint density at radius 3 is 2.55 bits per heavy atom. The second-order valence-electron chi connectivity index (χ2n) is 5.31. The lowest BCUT2D eigenvalue weighted by molar-refractivity contribution is 0.378. The Bertz CT molecular complexity index is 626.